The standard InChI is InChI=1S/C28H35ClFNO5/c1-18(2)15-31-26(32)28(34-16-19-8-7-10-21(29)12-19)13-23(25-24(14-28)35-27(3,4)36-25)33-17-20-9-5-6-11-22(20)30/h5-12,18,23-25H,13-17H2,1-4H3,(H,31,32)/t23?,24-,25+,28-/m1/s1. The minimum atomic E-state index is -1.22. The van der Waals surface area contributed by atoms with Crippen LogP contribution in [0.25, 0.3) is 0 Å². The molecular weight excluding hydrogens is 485 g/mol. The molecule has 1 saturated carbocycles. The molecule has 1 unspecified atom stereocenters. The molecule has 0 spiro atoms. The van der Waals surface area contributed by atoms with Crippen LogP contribution in [0.4, 0.5) is 4.39 Å². The Morgan fingerprint density at radius 1 is 1.14 bits per heavy atom. The minimum Gasteiger partial charge on any atom is -0.370 e. The number of fused-ring (bicyclic) bond motifs is 1. The van der Waals surface area contributed by atoms with Crippen molar-refractivity contribution in [2.24, 2.45) is 5.92 Å². The third-order valence-corrected chi connectivity index (χ3v) is 6.78. The number of rotatable bonds is 9. The van der Waals surface area contributed by atoms with Crippen molar-refractivity contribution < 1.29 is 28.1 Å². The molecule has 4 rings (SSSR count). The number of carbonyl (C=O) groups is 1. The second-order valence-corrected chi connectivity index (χ2v) is 10.9. The lowest BCUT2D eigenvalue weighted by atomic mass is 9.78. The Bertz CT molecular complexity index is 1060. The van der Waals surface area contributed by atoms with Crippen molar-refractivity contribution in [1.82, 2.24) is 5.32 Å². The van der Waals surface area contributed by atoms with E-state index in [-0.39, 0.29) is 37.3 Å². The van der Waals surface area contributed by atoms with Crippen LogP contribution in [0.1, 0.15) is 51.7 Å². The highest BCUT2D eigenvalue weighted by atomic mass is 35.5. The monoisotopic (exact) mass is 519 g/mol. The van der Waals surface area contributed by atoms with E-state index in [0.717, 1.165) is 5.56 Å². The number of hydrogen-bond donors (Lipinski definition) is 1. The summed E-state index contributed by atoms with van der Waals surface area (Å²) in [5, 5.41) is 3.64. The molecule has 2 fully saturated rings. The molecule has 1 heterocycles. The summed E-state index contributed by atoms with van der Waals surface area (Å²) < 4.78 is 39.3. The number of halogens is 2. The highest BCUT2D eigenvalue weighted by Crippen LogP contribution is 2.44. The second-order valence-electron chi connectivity index (χ2n) is 10.5. The zero-order chi connectivity index (χ0) is 25.9. The Kier molecular flexibility index (Phi) is 8.37. The Hall–Kier alpha value is -2.03. The van der Waals surface area contributed by atoms with E-state index in [2.05, 4.69) is 5.32 Å². The largest absolute Gasteiger partial charge is 0.370 e. The number of hydrogen-bond acceptors (Lipinski definition) is 5. The molecule has 0 aromatic heterocycles. The van der Waals surface area contributed by atoms with Crippen molar-refractivity contribution >= 4 is 17.5 Å². The molecule has 1 amide bonds. The Morgan fingerprint density at radius 3 is 2.64 bits per heavy atom. The van der Waals surface area contributed by atoms with Gasteiger partial charge in [-0.3, -0.25) is 4.79 Å². The van der Waals surface area contributed by atoms with Gasteiger partial charge in [-0.2, -0.15) is 0 Å². The van der Waals surface area contributed by atoms with Crippen LogP contribution >= 0.6 is 11.6 Å². The van der Waals surface area contributed by atoms with E-state index in [9.17, 15) is 9.18 Å². The summed E-state index contributed by atoms with van der Waals surface area (Å²) >= 11 is 6.17. The van der Waals surface area contributed by atoms with E-state index in [0.29, 0.717) is 23.6 Å². The smallest absolute Gasteiger partial charge is 0.252 e. The molecule has 1 aliphatic heterocycles. The summed E-state index contributed by atoms with van der Waals surface area (Å²) in [6, 6.07) is 13.8. The summed E-state index contributed by atoms with van der Waals surface area (Å²) in [5.41, 5.74) is 0.0723. The predicted molar refractivity (Wildman–Crippen MR) is 135 cm³/mol. The van der Waals surface area contributed by atoms with Gasteiger partial charge in [0.15, 0.2) is 11.4 Å². The van der Waals surface area contributed by atoms with Gasteiger partial charge in [0.25, 0.3) is 5.91 Å². The van der Waals surface area contributed by atoms with E-state index < -0.39 is 29.7 Å². The molecule has 6 nitrogen and oxygen atoms in total. The maximum atomic E-state index is 14.3. The van der Waals surface area contributed by atoms with Crippen molar-refractivity contribution in [2.45, 2.75) is 83.5 Å². The van der Waals surface area contributed by atoms with E-state index >= 15 is 0 Å². The third kappa shape index (κ3) is 6.45. The summed E-state index contributed by atoms with van der Waals surface area (Å²) in [5.74, 6) is -1.13. The number of amides is 1. The normalized spacial score (nSPS) is 27.1. The Morgan fingerprint density at radius 2 is 1.92 bits per heavy atom. The summed E-state index contributed by atoms with van der Waals surface area (Å²) in [6.45, 7) is 8.50. The van der Waals surface area contributed by atoms with Crippen LogP contribution in [-0.4, -0.2) is 42.2 Å². The molecule has 0 radical (unpaired) electrons. The van der Waals surface area contributed by atoms with Crippen molar-refractivity contribution in [3.63, 3.8) is 0 Å². The summed E-state index contributed by atoms with van der Waals surface area (Å²) in [7, 11) is 0. The van der Waals surface area contributed by atoms with Gasteiger partial charge in [0.2, 0.25) is 0 Å². The molecule has 4 atom stereocenters. The first-order valence-corrected chi connectivity index (χ1v) is 12.8. The molecule has 196 valence electrons. The summed E-state index contributed by atoms with van der Waals surface area (Å²) in [4.78, 5) is 13.7. The molecule has 2 aromatic rings. The maximum absolute atomic E-state index is 14.3. The highest BCUT2D eigenvalue weighted by Gasteiger charge is 2.58. The van der Waals surface area contributed by atoms with Gasteiger partial charge in [-0.15, -0.1) is 0 Å². The molecule has 8 heteroatoms. The van der Waals surface area contributed by atoms with E-state index in [1.54, 1.807) is 24.3 Å². The maximum Gasteiger partial charge on any atom is 0.252 e. The van der Waals surface area contributed by atoms with Gasteiger partial charge in [-0.05, 0) is 43.5 Å². The van der Waals surface area contributed by atoms with Gasteiger partial charge in [-0.1, -0.05) is 55.8 Å². The van der Waals surface area contributed by atoms with Crippen LogP contribution in [0, 0.1) is 11.7 Å². The fourth-order valence-corrected chi connectivity index (χ4v) is 5.04. The molecule has 1 saturated heterocycles. The van der Waals surface area contributed by atoms with Crippen LogP contribution < -0.4 is 5.32 Å². The van der Waals surface area contributed by atoms with Gasteiger partial charge in [0.05, 0.1) is 25.4 Å². The quantitative estimate of drug-likeness (QED) is 0.480. The molecule has 1 N–H and O–H groups in total. The highest BCUT2D eigenvalue weighted by molar-refractivity contribution is 6.30. The SMILES string of the molecule is CC(C)CNC(=O)[C@@]1(OCc2cccc(Cl)c2)CC(OCc2ccccc2F)[C@@H]2OC(C)(C)O[C@@H]2C1. The van der Waals surface area contributed by atoms with Crippen molar-refractivity contribution in [3.8, 4) is 0 Å². The van der Waals surface area contributed by atoms with Crippen LogP contribution in [0.3, 0.4) is 0 Å². The van der Waals surface area contributed by atoms with Crippen LogP contribution in [-0.2, 0) is 37.0 Å². The predicted octanol–water partition coefficient (Wildman–Crippen LogP) is 5.41. The first-order chi connectivity index (χ1) is 17.1. The number of carbonyl (C=O) groups excluding carboxylic acids is 1. The summed E-state index contributed by atoms with van der Waals surface area (Å²) in [6.07, 6.45) is -0.831. The fraction of sp³-hybridized carbons (Fsp3) is 0.536. The Balaban J connectivity index is 1.61. The number of ether oxygens (including phenoxy) is 4. The molecule has 36 heavy (non-hydrogen) atoms. The van der Waals surface area contributed by atoms with Gasteiger partial charge in [0.1, 0.15) is 11.9 Å². The lowest BCUT2D eigenvalue weighted by Crippen LogP contribution is -2.60. The number of nitrogens with one attached hydrogen (secondary N) is 1. The van der Waals surface area contributed by atoms with Crippen LogP contribution in [0.2, 0.25) is 5.02 Å². The van der Waals surface area contributed by atoms with Crippen LogP contribution in [0.5, 0.6) is 0 Å². The van der Waals surface area contributed by atoms with Crippen molar-refractivity contribution in [2.75, 3.05) is 6.54 Å². The van der Waals surface area contributed by atoms with Gasteiger partial charge in [0, 0.05) is 30.0 Å². The minimum absolute atomic E-state index is 0.0440. The average molecular weight is 520 g/mol. The molecule has 2 aliphatic rings. The fourth-order valence-electron chi connectivity index (χ4n) is 4.83. The molecule has 2 aromatic carbocycles. The average Bonchev–Trinajstić information content (AvgIpc) is 3.14. The van der Waals surface area contributed by atoms with Crippen molar-refractivity contribution in [3.05, 3.63) is 70.5 Å². The molecule has 1 aliphatic carbocycles. The zero-order valence-electron chi connectivity index (χ0n) is 21.3. The van der Waals surface area contributed by atoms with Gasteiger partial charge in [-0.25, -0.2) is 4.39 Å². The number of benzene rings is 2. The molecular formula is C28H35ClFNO5. The van der Waals surface area contributed by atoms with Gasteiger partial charge >= 0.3 is 0 Å². The topological polar surface area (TPSA) is 66.0 Å². The van der Waals surface area contributed by atoms with E-state index in [4.69, 9.17) is 30.5 Å². The zero-order valence-corrected chi connectivity index (χ0v) is 22.0. The van der Waals surface area contributed by atoms with Crippen molar-refractivity contribution in [1.29, 1.82) is 0 Å². The lowest BCUT2D eigenvalue weighted by molar-refractivity contribution is -0.183. The first kappa shape index (κ1) is 27.0. The lowest BCUT2D eigenvalue weighted by Gasteiger charge is -2.43. The van der Waals surface area contributed by atoms with E-state index in [1.807, 2.05) is 45.9 Å². The molecule has 0 bridgehead atoms. The van der Waals surface area contributed by atoms with Gasteiger partial charge < -0.3 is 24.3 Å². The van der Waals surface area contributed by atoms with E-state index in [1.165, 1.54) is 6.07 Å². The first-order valence-electron chi connectivity index (χ1n) is 12.4. The third-order valence-electron chi connectivity index (χ3n) is 6.55. The Labute approximate surface area is 217 Å². The van der Waals surface area contributed by atoms with Crippen LogP contribution in [0.15, 0.2) is 48.5 Å². The second kappa shape index (κ2) is 11.2.